The van der Waals surface area contributed by atoms with Crippen molar-refractivity contribution < 1.29 is 26.7 Å². The minimum absolute atomic E-state index is 0.0954. The number of nitrogens with zero attached hydrogens (tertiary/aromatic N) is 3. The van der Waals surface area contributed by atoms with E-state index >= 15 is 0 Å². The smallest absolute Gasteiger partial charge is 0.416 e. The Morgan fingerprint density at radius 3 is 2.41 bits per heavy atom. The fourth-order valence-electron chi connectivity index (χ4n) is 4.00. The number of aryl methyl sites for hydroxylation is 1. The minimum atomic E-state index is -4.68. The summed E-state index contributed by atoms with van der Waals surface area (Å²) in [4.78, 5) is -0.157. The van der Waals surface area contributed by atoms with E-state index in [4.69, 9.17) is 0 Å². The van der Waals surface area contributed by atoms with E-state index in [2.05, 4.69) is 0 Å². The lowest BCUT2D eigenvalue weighted by atomic mass is 10.0. The number of fused-ring (bicyclic) bond motifs is 3. The number of nitriles is 1. The minimum Gasteiger partial charge on any atom is -0.508 e. The van der Waals surface area contributed by atoms with Crippen LogP contribution in [0.1, 0.15) is 41.9 Å². The van der Waals surface area contributed by atoms with Gasteiger partial charge in [0.25, 0.3) is 10.0 Å². The molecule has 0 fully saturated rings. The number of anilines is 1. The molecule has 0 saturated carbocycles. The lowest BCUT2D eigenvalue weighted by Crippen LogP contribution is -2.39. The maximum Gasteiger partial charge on any atom is 0.416 e. The molecule has 3 aromatic rings. The molecule has 1 atom stereocenters. The zero-order valence-electron chi connectivity index (χ0n) is 17.1. The van der Waals surface area contributed by atoms with Crippen molar-refractivity contribution in [1.29, 1.82) is 5.26 Å². The standard InChI is InChI=1S/C22H18F3N3O3S/c1-3-17-18-8-5-15(12-26)27(18)19-7-4-14(22(23,24)25)11-20(19)28(17)32(30,31)16-6-9-21(29)13(2)10-16/h4-11,17,29H,3H2,1-2H3. The fourth-order valence-corrected chi connectivity index (χ4v) is 5.79. The summed E-state index contributed by atoms with van der Waals surface area (Å²) in [5.41, 5.74) is -0.0128. The van der Waals surface area contributed by atoms with Crippen LogP contribution in [0.2, 0.25) is 0 Å². The van der Waals surface area contributed by atoms with Crippen LogP contribution in [0.25, 0.3) is 5.69 Å². The van der Waals surface area contributed by atoms with E-state index in [1.807, 2.05) is 6.07 Å². The second kappa shape index (κ2) is 7.31. The van der Waals surface area contributed by atoms with Crippen LogP contribution < -0.4 is 4.31 Å². The Labute approximate surface area is 182 Å². The second-order valence-corrected chi connectivity index (χ2v) is 9.28. The zero-order chi connectivity index (χ0) is 23.4. The number of hydrogen-bond acceptors (Lipinski definition) is 4. The number of phenolic OH excluding ortho intramolecular Hbond substituents is 1. The van der Waals surface area contributed by atoms with Gasteiger partial charge in [0.05, 0.1) is 27.9 Å². The molecule has 0 bridgehead atoms. The van der Waals surface area contributed by atoms with Crippen molar-refractivity contribution in [3.63, 3.8) is 0 Å². The molecule has 0 aliphatic carbocycles. The molecule has 1 aliphatic rings. The van der Waals surface area contributed by atoms with Gasteiger partial charge in [-0.2, -0.15) is 18.4 Å². The molecule has 4 rings (SSSR count). The van der Waals surface area contributed by atoms with Crippen molar-refractivity contribution in [3.05, 3.63) is 71.0 Å². The number of phenols is 1. The highest BCUT2D eigenvalue weighted by molar-refractivity contribution is 7.92. The van der Waals surface area contributed by atoms with Crippen LogP contribution in [-0.4, -0.2) is 18.1 Å². The third-order valence-electron chi connectivity index (χ3n) is 5.54. The highest BCUT2D eigenvalue weighted by Crippen LogP contribution is 2.46. The van der Waals surface area contributed by atoms with E-state index < -0.39 is 27.8 Å². The molecule has 2 heterocycles. The van der Waals surface area contributed by atoms with Gasteiger partial charge in [0.2, 0.25) is 0 Å². The van der Waals surface area contributed by atoms with Crippen molar-refractivity contribution in [1.82, 2.24) is 4.57 Å². The number of hydrogen-bond donors (Lipinski definition) is 1. The summed E-state index contributed by atoms with van der Waals surface area (Å²) in [6.07, 6.45) is -4.43. The Morgan fingerprint density at radius 1 is 1.09 bits per heavy atom. The van der Waals surface area contributed by atoms with Crippen molar-refractivity contribution >= 4 is 15.7 Å². The molecular weight excluding hydrogens is 443 g/mol. The lowest BCUT2D eigenvalue weighted by Gasteiger charge is -2.39. The first-order valence-electron chi connectivity index (χ1n) is 9.68. The van der Waals surface area contributed by atoms with E-state index in [1.165, 1.54) is 41.8 Å². The van der Waals surface area contributed by atoms with Crippen LogP contribution >= 0.6 is 0 Å². The molecule has 166 valence electrons. The topological polar surface area (TPSA) is 86.3 Å². The average molecular weight is 461 g/mol. The maximum absolute atomic E-state index is 13.7. The summed E-state index contributed by atoms with van der Waals surface area (Å²) >= 11 is 0. The molecule has 0 saturated heterocycles. The zero-order valence-corrected chi connectivity index (χ0v) is 17.9. The molecule has 1 aromatic heterocycles. The van der Waals surface area contributed by atoms with Gasteiger partial charge < -0.3 is 9.67 Å². The van der Waals surface area contributed by atoms with Gasteiger partial charge in [0, 0.05) is 5.69 Å². The van der Waals surface area contributed by atoms with E-state index in [9.17, 15) is 32.0 Å². The number of rotatable bonds is 3. The van der Waals surface area contributed by atoms with Crippen LogP contribution in [-0.2, 0) is 16.2 Å². The normalized spacial score (nSPS) is 15.8. The molecule has 6 nitrogen and oxygen atoms in total. The first-order valence-corrected chi connectivity index (χ1v) is 11.1. The predicted octanol–water partition coefficient (Wildman–Crippen LogP) is 5.04. The average Bonchev–Trinajstić information content (AvgIpc) is 3.17. The van der Waals surface area contributed by atoms with Crippen LogP contribution in [0.15, 0.2) is 53.4 Å². The summed E-state index contributed by atoms with van der Waals surface area (Å²) < 4.78 is 70.4. The summed E-state index contributed by atoms with van der Waals surface area (Å²) in [7, 11) is -4.32. The second-order valence-electron chi connectivity index (χ2n) is 7.47. The van der Waals surface area contributed by atoms with Crippen LogP contribution in [0.4, 0.5) is 18.9 Å². The molecule has 1 N–H and O–H groups in total. The monoisotopic (exact) mass is 461 g/mol. The molecule has 10 heteroatoms. The van der Waals surface area contributed by atoms with Crippen molar-refractivity contribution in [2.45, 2.75) is 37.4 Å². The highest BCUT2D eigenvalue weighted by Gasteiger charge is 2.41. The molecule has 1 unspecified atom stereocenters. The number of aromatic hydroxyl groups is 1. The van der Waals surface area contributed by atoms with Gasteiger partial charge in [-0.05, 0) is 67.4 Å². The summed E-state index contributed by atoms with van der Waals surface area (Å²) in [5.74, 6) is -0.0954. The van der Waals surface area contributed by atoms with Crippen molar-refractivity contribution in [2.75, 3.05) is 4.31 Å². The van der Waals surface area contributed by atoms with E-state index in [0.29, 0.717) is 11.3 Å². The summed E-state index contributed by atoms with van der Waals surface area (Å²) in [6, 6.07) is 10.9. The Balaban J connectivity index is 2.04. The van der Waals surface area contributed by atoms with E-state index in [1.54, 1.807) is 13.0 Å². The highest BCUT2D eigenvalue weighted by atomic mass is 32.2. The fraction of sp³-hybridized carbons (Fsp3) is 0.227. The Kier molecular flexibility index (Phi) is 4.97. The molecule has 1 aliphatic heterocycles. The Bertz CT molecular complexity index is 1370. The van der Waals surface area contributed by atoms with Crippen LogP contribution in [0.3, 0.4) is 0 Å². The first kappa shape index (κ1) is 21.8. The Morgan fingerprint density at radius 2 is 1.81 bits per heavy atom. The number of alkyl halides is 3. The largest absolute Gasteiger partial charge is 0.508 e. The first-order chi connectivity index (χ1) is 15.0. The molecule has 2 aromatic carbocycles. The van der Waals surface area contributed by atoms with Gasteiger partial charge in [0.1, 0.15) is 17.5 Å². The van der Waals surface area contributed by atoms with Gasteiger partial charge in [-0.1, -0.05) is 6.92 Å². The lowest BCUT2D eigenvalue weighted by molar-refractivity contribution is -0.137. The van der Waals surface area contributed by atoms with Crippen LogP contribution in [0, 0.1) is 18.3 Å². The van der Waals surface area contributed by atoms with Gasteiger partial charge in [-0.25, -0.2) is 8.42 Å². The molecule has 32 heavy (non-hydrogen) atoms. The SMILES string of the molecule is CCC1c2ccc(C#N)n2-c2ccc(C(F)(F)F)cc2N1S(=O)(=O)c1ccc(O)c(C)c1. The summed E-state index contributed by atoms with van der Waals surface area (Å²) in [6.45, 7) is 3.25. The van der Waals surface area contributed by atoms with Gasteiger partial charge in [-0.15, -0.1) is 0 Å². The molecular formula is C22H18F3N3O3S. The quantitative estimate of drug-likeness (QED) is 0.592. The van der Waals surface area contributed by atoms with E-state index in [-0.39, 0.29) is 34.1 Å². The maximum atomic E-state index is 13.7. The summed E-state index contributed by atoms with van der Waals surface area (Å²) in [5, 5.41) is 19.3. The van der Waals surface area contributed by atoms with E-state index in [0.717, 1.165) is 16.4 Å². The van der Waals surface area contributed by atoms with Crippen LogP contribution in [0.5, 0.6) is 5.75 Å². The molecule has 0 radical (unpaired) electrons. The Hall–Kier alpha value is -3.45. The number of aromatic nitrogens is 1. The third-order valence-corrected chi connectivity index (χ3v) is 7.36. The number of benzene rings is 2. The predicted molar refractivity (Wildman–Crippen MR) is 111 cm³/mol. The molecule has 0 amide bonds. The van der Waals surface area contributed by atoms with Crippen molar-refractivity contribution in [3.8, 4) is 17.5 Å². The molecule has 0 spiro atoms. The van der Waals surface area contributed by atoms with Gasteiger partial charge in [0.15, 0.2) is 0 Å². The van der Waals surface area contributed by atoms with Crippen molar-refractivity contribution in [2.24, 2.45) is 0 Å². The number of sulfonamides is 1. The van der Waals surface area contributed by atoms with Gasteiger partial charge >= 0.3 is 6.18 Å². The number of halogens is 3. The van der Waals surface area contributed by atoms with Gasteiger partial charge in [-0.3, -0.25) is 4.31 Å². The third kappa shape index (κ3) is 3.20.